The van der Waals surface area contributed by atoms with Crippen molar-refractivity contribution in [2.45, 2.75) is 26.2 Å². The topological polar surface area (TPSA) is 104 Å². The van der Waals surface area contributed by atoms with Crippen LogP contribution in [-0.4, -0.2) is 17.0 Å². The van der Waals surface area contributed by atoms with Gasteiger partial charge in [0.2, 0.25) is 11.8 Å². The number of halogens is 1. The summed E-state index contributed by atoms with van der Waals surface area (Å²) in [7, 11) is 0. The van der Waals surface area contributed by atoms with Crippen molar-refractivity contribution in [2.75, 3.05) is 10.6 Å². The van der Waals surface area contributed by atoms with Crippen molar-refractivity contribution < 1.29 is 14.1 Å². The highest BCUT2D eigenvalue weighted by atomic mass is 35.5. The Morgan fingerprint density at radius 1 is 1.22 bits per heavy atom. The molecule has 0 aliphatic rings. The number of nitrogens with one attached hydrogen (secondary N) is 3. The predicted octanol–water partition coefficient (Wildman–Crippen LogP) is 2.54. The molecule has 2 rings (SSSR count). The summed E-state index contributed by atoms with van der Waals surface area (Å²) in [4.78, 5) is 34.3. The van der Waals surface area contributed by atoms with Crippen LogP contribution in [-0.2, 0) is 16.0 Å². The molecule has 0 unspecified atom stereocenters. The van der Waals surface area contributed by atoms with Crippen LogP contribution in [0.25, 0.3) is 0 Å². The molecular formula is C15H16ClN3O4. The van der Waals surface area contributed by atoms with Gasteiger partial charge in [-0.05, 0) is 18.2 Å². The van der Waals surface area contributed by atoms with E-state index in [4.69, 9.17) is 16.1 Å². The van der Waals surface area contributed by atoms with E-state index in [1.54, 1.807) is 25.1 Å². The molecule has 1 aromatic heterocycles. The van der Waals surface area contributed by atoms with Gasteiger partial charge in [0.05, 0.1) is 10.7 Å². The normalized spacial score (nSPS) is 10.3. The van der Waals surface area contributed by atoms with Gasteiger partial charge in [-0.1, -0.05) is 18.5 Å². The zero-order chi connectivity index (χ0) is 16.8. The lowest BCUT2D eigenvalue weighted by Crippen LogP contribution is -2.14. The molecule has 1 aromatic carbocycles. The number of amides is 2. The first kappa shape index (κ1) is 16.8. The van der Waals surface area contributed by atoms with E-state index in [-0.39, 0.29) is 30.2 Å². The van der Waals surface area contributed by atoms with Crippen LogP contribution in [0, 0.1) is 0 Å². The highest BCUT2D eigenvalue weighted by molar-refractivity contribution is 6.33. The second kappa shape index (κ2) is 7.64. The second-order valence-electron chi connectivity index (χ2n) is 4.82. The van der Waals surface area contributed by atoms with Gasteiger partial charge < -0.3 is 15.2 Å². The number of hydrogen-bond acceptors (Lipinski definition) is 4. The zero-order valence-corrected chi connectivity index (χ0v) is 13.2. The lowest BCUT2D eigenvalue weighted by molar-refractivity contribution is -0.116. The van der Waals surface area contributed by atoms with E-state index in [1.165, 1.54) is 6.07 Å². The fraction of sp³-hybridized carbons (Fsp3) is 0.267. The molecule has 0 atom stereocenters. The van der Waals surface area contributed by atoms with E-state index < -0.39 is 0 Å². The molecule has 122 valence electrons. The van der Waals surface area contributed by atoms with E-state index >= 15 is 0 Å². The fourth-order valence-corrected chi connectivity index (χ4v) is 2.01. The Labute approximate surface area is 137 Å². The van der Waals surface area contributed by atoms with Crippen LogP contribution in [0.1, 0.15) is 25.5 Å². The maximum atomic E-state index is 11.9. The molecule has 7 nitrogen and oxygen atoms in total. The first-order chi connectivity index (χ1) is 11.0. The van der Waals surface area contributed by atoms with Gasteiger partial charge in [0.25, 0.3) is 5.56 Å². The third-order valence-corrected chi connectivity index (χ3v) is 3.35. The highest BCUT2D eigenvalue weighted by Crippen LogP contribution is 2.26. The molecule has 1 heterocycles. The molecule has 0 saturated heterocycles. The molecular weight excluding hydrogens is 322 g/mol. The average Bonchev–Trinajstić information content (AvgIpc) is 2.94. The van der Waals surface area contributed by atoms with Gasteiger partial charge in [-0.15, -0.1) is 0 Å². The number of benzene rings is 1. The summed E-state index contributed by atoms with van der Waals surface area (Å²) in [6, 6.07) is 6.12. The Morgan fingerprint density at radius 2 is 2.00 bits per heavy atom. The minimum atomic E-state index is -0.345. The zero-order valence-electron chi connectivity index (χ0n) is 12.4. The smallest absolute Gasteiger partial charge is 0.280 e. The van der Waals surface area contributed by atoms with Crippen LogP contribution in [0.15, 0.2) is 33.6 Å². The maximum absolute atomic E-state index is 11.9. The van der Waals surface area contributed by atoms with Crippen LogP contribution in [0.5, 0.6) is 0 Å². The minimum absolute atomic E-state index is 0.128. The van der Waals surface area contributed by atoms with Crippen LogP contribution in [0.4, 0.5) is 11.4 Å². The van der Waals surface area contributed by atoms with Gasteiger partial charge in [-0.3, -0.25) is 14.4 Å². The number of aromatic nitrogens is 1. The molecule has 3 N–H and O–H groups in total. The standard InChI is InChI=1S/C15H16ClN3O4/c1-2-13(20)17-9-3-5-11(16)12(7-9)18-14(21)6-4-10-8-15(22)19-23-10/h3,5,7-8H,2,4,6H2,1H3,(H,17,20)(H,18,21)(H,19,22). The Morgan fingerprint density at radius 3 is 2.65 bits per heavy atom. The quantitative estimate of drug-likeness (QED) is 0.753. The molecule has 0 spiro atoms. The summed E-state index contributed by atoms with van der Waals surface area (Å²) in [5.74, 6) is -0.0120. The van der Waals surface area contributed by atoms with Crippen LogP contribution < -0.4 is 16.2 Å². The number of aryl methyl sites for hydroxylation is 1. The summed E-state index contributed by atoms with van der Waals surface area (Å²) < 4.78 is 4.87. The second-order valence-corrected chi connectivity index (χ2v) is 5.23. The molecule has 0 saturated carbocycles. The molecule has 8 heteroatoms. The molecule has 0 bridgehead atoms. The number of hydrogen-bond donors (Lipinski definition) is 3. The molecule has 0 aliphatic carbocycles. The van der Waals surface area contributed by atoms with E-state index in [1.807, 2.05) is 0 Å². The van der Waals surface area contributed by atoms with Crippen molar-refractivity contribution in [3.63, 3.8) is 0 Å². The number of rotatable bonds is 6. The van der Waals surface area contributed by atoms with Crippen molar-refractivity contribution in [1.29, 1.82) is 0 Å². The lowest BCUT2D eigenvalue weighted by atomic mass is 10.2. The van der Waals surface area contributed by atoms with Crippen LogP contribution >= 0.6 is 11.6 Å². The van der Waals surface area contributed by atoms with Crippen molar-refractivity contribution in [2.24, 2.45) is 0 Å². The molecule has 2 aromatic rings. The van der Waals surface area contributed by atoms with E-state index in [0.29, 0.717) is 28.6 Å². The van der Waals surface area contributed by atoms with Crippen molar-refractivity contribution in [1.82, 2.24) is 5.16 Å². The summed E-state index contributed by atoms with van der Waals surface area (Å²) >= 11 is 6.04. The van der Waals surface area contributed by atoms with Crippen molar-refractivity contribution in [3.05, 3.63) is 45.4 Å². The molecule has 2 amide bonds. The van der Waals surface area contributed by atoms with E-state index in [9.17, 15) is 14.4 Å². The first-order valence-corrected chi connectivity index (χ1v) is 7.42. The number of aromatic amines is 1. The number of carbonyl (C=O) groups excluding carboxylic acids is 2. The van der Waals surface area contributed by atoms with Gasteiger partial charge in [-0.25, -0.2) is 0 Å². The Balaban J connectivity index is 1.97. The van der Waals surface area contributed by atoms with Crippen LogP contribution in [0.3, 0.4) is 0 Å². The molecule has 0 aliphatic heterocycles. The summed E-state index contributed by atoms with van der Waals surface area (Å²) in [5.41, 5.74) is 0.608. The summed E-state index contributed by atoms with van der Waals surface area (Å²) in [5, 5.41) is 7.88. The SMILES string of the molecule is CCC(=O)Nc1ccc(Cl)c(NC(=O)CCc2cc(=O)[nH]o2)c1. The molecule has 23 heavy (non-hydrogen) atoms. The van der Waals surface area contributed by atoms with Gasteiger partial charge >= 0.3 is 0 Å². The average molecular weight is 338 g/mol. The fourth-order valence-electron chi connectivity index (χ4n) is 1.84. The Hall–Kier alpha value is -2.54. The predicted molar refractivity (Wildman–Crippen MR) is 86.7 cm³/mol. The molecule has 0 radical (unpaired) electrons. The minimum Gasteiger partial charge on any atom is -0.384 e. The van der Waals surface area contributed by atoms with E-state index in [2.05, 4.69) is 15.8 Å². The Kier molecular flexibility index (Phi) is 5.59. The largest absolute Gasteiger partial charge is 0.384 e. The summed E-state index contributed by atoms with van der Waals surface area (Å²) in [6.07, 6.45) is 0.767. The van der Waals surface area contributed by atoms with Gasteiger partial charge in [0.15, 0.2) is 0 Å². The third kappa shape index (κ3) is 5.00. The van der Waals surface area contributed by atoms with Gasteiger partial charge in [0.1, 0.15) is 5.76 Å². The number of anilines is 2. The van der Waals surface area contributed by atoms with E-state index in [0.717, 1.165) is 0 Å². The van der Waals surface area contributed by atoms with Crippen molar-refractivity contribution in [3.8, 4) is 0 Å². The first-order valence-electron chi connectivity index (χ1n) is 7.04. The monoisotopic (exact) mass is 337 g/mol. The maximum Gasteiger partial charge on any atom is 0.280 e. The van der Waals surface area contributed by atoms with Crippen LogP contribution in [0.2, 0.25) is 5.02 Å². The number of carbonyl (C=O) groups is 2. The highest BCUT2D eigenvalue weighted by Gasteiger charge is 2.10. The molecule has 0 fully saturated rings. The summed E-state index contributed by atoms with van der Waals surface area (Å²) in [6.45, 7) is 1.74. The Bertz CT molecular complexity index is 766. The van der Waals surface area contributed by atoms with Gasteiger partial charge in [-0.2, -0.15) is 5.16 Å². The van der Waals surface area contributed by atoms with Crippen molar-refractivity contribution >= 4 is 34.8 Å². The number of H-pyrrole nitrogens is 1. The third-order valence-electron chi connectivity index (χ3n) is 3.02. The lowest BCUT2D eigenvalue weighted by Gasteiger charge is -2.10. The van der Waals surface area contributed by atoms with Gasteiger partial charge in [0, 0.05) is 31.0 Å².